The number of H-pyrrole nitrogens is 1. The Kier molecular flexibility index (Phi) is 6.91. The molecule has 2 aromatic carbocycles. The number of halogens is 2. The standard InChI is InChI=1S/C32H31F2N7O3/c1-17-8-29(44-31-24(33)4-3-5-25(31)34)36-12-28(17)41-32(35)22(11-37-41)30(43)27-10-21-23-15-40(20-13-39(2)14-20)19(16-42)9-18(23)6-7-26(21)38-27/h3-8,10-12,19-20,38,42H,9,13-16,35H2,1-2H3. The Labute approximate surface area is 251 Å². The number of pyridine rings is 1. The fraction of sp³-hybridized carbons (Fsp3) is 0.281. The Morgan fingerprint density at radius 3 is 2.64 bits per heavy atom. The van der Waals surface area contributed by atoms with E-state index in [0.717, 1.165) is 42.5 Å². The number of nitrogen functional groups attached to an aromatic ring is 1. The van der Waals surface area contributed by atoms with E-state index in [1.807, 2.05) is 12.1 Å². The highest BCUT2D eigenvalue weighted by molar-refractivity contribution is 6.12. The Bertz CT molecular complexity index is 1890. The van der Waals surface area contributed by atoms with Gasteiger partial charge in [0.15, 0.2) is 11.6 Å². The quantitative estimate of drug-likeness (QED) is 0.240. The normalized spacial score (nSPS) is 17.5. The van der Waals surface area contributed by atoms with Gasteiger partial charge in [-0.15, -0.1) is 0 Å². The lowest BCUT2D eigenvalue weighted by Gasteiger charge is -2.48. The molecule has 0 radical (unpaired) electrons. The third-order valence-electron chi connectivity index (χ3n) is 8.71. The number of nitrogens with one attached hydrogen (secondary N) is 1. The van der Waals surface area contributed by atoms with E-state index in [1.54, 1.807) is 6.92 Å². The first-order valence-corrected chi connectivity index (χ1v) is 14.4. The molecule has 4 N–H and O–H groups in total. The van der Waals surface area contributed by atoms with Crippen molar-refractivity contribution in [2.75, 3.05) is 32.5 Å². The lowest BCUT2D eigenvalue weighted by Crippen LogP contribution is -2.61. The molecule has 1 fully saturated rings. The Morgan fingerprint density at radius 2 is 1.93 bits per heavy atom. The summed E-state index contributed by atoms with van der Waals surface area (Å²) in [5.41, 5.74) is 11.3. The van der Waals surface area contributed by atoms with Crippen molar-refractivity contribution >= 4 is 22.5 Å². The Hall–Kier alpha value is -4.65. The Balaban J connectivity index is 1.16. The summed E-state index contributed by atoms with van der Waals surface area (Å²) in [6.07, 6.45) is 3.59. The van der Waals surface area contributed by atoms with Crippen LogP contribution in [-0.4, -0.2) is 79.3 Å². The predicted molar refractivity (Wildman–Crippen MR) is 160 cm³/mol. The van der Waals surface area contributed by atoms with Crippen LogP contribution in [0.1, 0.15) is 32.7 Å². The number of hydrogen-bond donors (Lipinski definition) is 3. The number of nitrogens with two attached hydrogens (primary N) is 1. The summed E-state index contributed by atoms with van der Waals surface area (Å²) in [5.74, 6) is -2.42. The number of fused-ring (bicyclic) bond motifs is 3. The van der Waals surface area contributed by atoms with Crippen molar-refractivity contribution in [2.45, 2.75) is 32.0 Å². The fourth-order valence-electron chi connectivity index (χ4n) is 6.32. The van der Waals surface area contributed by atoms with Crippen molar-refractivity contribution in [2.24, 2.45) is 0 Å². The molecular formula is C32H31F2N7O3. The first-order chi connectivity index (χ1) is 21.2. The van der Waals surface area contributed by atoms with Crippen molar-refractivity contribution in [1.29, 1.82) is 0 Å². The van der Waals surface area contributed by atoms with Crippen LogP contribution >= 0.6 is 0 Å². The van der Waals surface area contributed by atoms with Crippen molar-refractivity contribution in [3.05, 3.63) is 94.4 Å². The summed E-state index contributed by atoms with van der Waals surface area (Å²) in [6, 6.07) is 11.3. The number of carbonyl (C=O) groups excluding carboxylic acids is 1. The van der Waals surface area contributed by atoms with E-state index in [1.165, 1.54) is 40.3 Å². The molecular weight excluding hydrogens is 568 g/mol. The van der Waals surface area contributed by atoms with Crippen LogP contribution in [0.2, 0.25) is 0 Å². The maximum Gasteiger partial charge on any atom is 0.219 e. The first kappa shape index (κ1) is 28.1. The molecule has 2 aliphatic heterocycles. The maximum absolute atomic E-state index is 14.0. The van der Waals surface area contributed by atoms with Crippen molar-refractivity contribution in [3.63, 3.8) is 0 Å². The van der Waals surface area contributed by atoms with Gasteiger partial charge in [-0.2, -0.15) is 5.10 Å². The zero-order valence-corrected chi connectivity index (χ0v) is 24.2. The number of benzene rings is 2. The third-order valence-corrected chi connectivity index (χ3v) is 8.71. The number of likely N-dealkylation sites (N-methyl/N-ethyl adjacent to an activating group) is 1. The lowest BCUT2D eigenvalue weighted by atomic mass is 9.89. The van der Waals surface area contributed by atoms with Gasteiger partial charge in [0.25, 0.3) is 0 Å². The minimum absolute atomic E-state index is 0.00751. The number of nitrogens with zero attached hydrogens (tertiary/aromatic N) is 5. The largest absolute Gasteiger partial charge is 0.433 e. The zero-order valence-electron chi connectivity index (χ0n) is 24.2. The average molecular weight is 600 g/mol. The van der Waals surface area contributed by atoms with Gasteiger partial charge in [0, 0.05) is 48.7 Å². The number of hydrogen-bond acceptors (Lipinski definition) is 8. The summed E-state index contributed by atoms with van der Waals surface area (Å²) < 4.78 is 34.8. The number of aliphatic hydroxyl groups excluding tert-OH is 1. The third kappa shape index (κ3) is 4.71. The predicted octanol–water partition coefficient (Wildman–Crippen LogP) is 3.97. The van der Waals surface area contributed by atoms with Crippen LogP contribution in [0, 0.1) is 18.6 Å². The molecule has 1 atom stereocenters. The molecule has 0 saturated carbocycles. The molecule has 2 aliphatic rings. The highest BCUT2D eigenvalue weighted by Crippen LogP contribution is 2.34. The van der Waals surface area contributed by atoms with Gasteiger partial charge in [-0.25, -0.2) is 18.4 Å². The fourth-order valence-corrected chi connectivity index (χ4v) is 6.32. The summed E-state index contributed by atoms with van der Waals surface area (Å²) in [7, 11) is 2.09. The number of para-hydroxylation sites is 1. The van der Waals surface area contributed by atoms with Crippen molar-refractivity contribution in [1.82, 2.24) is 29.5 Å². The molecule has 1 unspecified atom stereocenters. The van der Waals surface area contributed by atoms with Gasteiger partial charge in [-0.3, -0.25) is 9.69 Å². The lowest BCUT2D eigenvalue weighted by molar-refractivity contribution is -0.00649. The summed E-state index contributed by atoms with van der Waals surface area (Å²) in [5, 5.41) is 15.4. The van der Waals surface area contributed by atoms with E-state index < -0.39 is 17.4 Å². The number of aryl methyl sites for hydroxylation is 1. The number of aliphatic hydroxyl groups is 1. The topological polar surface area (TPSA) is 126 Å². The highest BCUT2D eigenvalue weighted by Gasteiger charge is 2.37. The number of anilines is 1. The average Bonchev–Trinajstić information content (AvgIpc) is 3.60. The number of ether oxygens (including phenoxy) is 1. The smallest absolute Gasteiger partial charge is 0.219 e. The van der Waals surface area contributed by atoms with Crippen LogP contribution in [0.4, 0.5) is 14.6 Å². The molecule has 44 heavy (non-hydrogen) atoms. The molecule has 0 aliphatic carbocycles. The number of likely N-dealkylation sites (tertiary alicyclic amines) is 1. The van der Waals surface area contributed by atoms with Gasteiger partial charge in [-0.1, -0.05) is 12.1 Å². The van der Waals surface area contributed by atoms with Crippen LogP contribution in [0.15, 0.2) is 54.9 Å². The van der Waals surface area contributed by atoms with Gasteiger partial charge in [-0.05, 0) is 61.3 Å². The number of aromatic amines is 1. The second-order valence-electron chi connectivity index (χ2n) is 11.6. The van der Waals surface area contributed by atoms with Gasteiger partial charge in [0.1, 0.15) is 5.82 Å². The van der Waals surface area contributed by atoms with Crippen LogP contribution in [0.25, 0.3) is 16.6 Å². The van der Waals surface area contributed by atoms with Crippen LogP contribution in [0.3, 0.4) is 0 Å². The van der Waals surface area contributed by atoms with E-state index in [2.05, 4.69) is 38.0 Å². The van der Waals surface area contributed by atoms with Gasteiger partial charge in [0.05, 0.1) is 35.9 Å². The monoisotopic (exact) mass is 599 g/mol. The molecule has 3 aromatic heterocycles. The van der Waals surface area contributed by atoms with E-state index in [9.17, 15) is 18.7 Å². The van der Waals surface area contributed by atoms with Crippen LogP contribution in [0.5, 0.6) is 11.6 Å². The van der Waals surface area contributed by atoms with Gasteiger partial charge in [0.2, 0.25) is 17.4 Å². The molecule has 5 aromatic rings. The second-order valence-corrected chi connectivity index (χ2v) is 11.6. The van der Waals surface area contributed by atoms with Gasteiger partial charge >= 0.3 is 0 Å². The van der Waals surface area contributed by atoms with Crippen LogP contribution in [-0.2, 0) is 13.0 Å². The zero-order chi connectivity index (χ0) is 30.7. The van der Waals surface area contributed by atoms with E-state index in [0.29, 0.717) is 29.5 Å². The SMILES string of the molecule is Cc1cc(Oc2c(F)cccc2F)ncc1-n1ncc(C(=O)c2cc3c4c(ccc3[nH]2)CC(CO)N(C2CN(C)C2)C4)c1N. The number of carbonyl (C=O) groups is 1. The highest BCUT2D eigenvalue weighted by atomic mass is 19.1. The molecule has 10 nitrogen and oxygen atoms in total. The maximum atomic E-state index is 14.0. The minimum atomic E-state index is -0.844. The molecule has 226 valence electrons. The van der Waals surface area contributed by atoms with E-state index >= 15 is 0 Å². The van der Waals surface area contributed by atoms with Crippen molar-refractivity contribution < 1.29 is 23.4 Å². The molecule has 5 heterocycles. The van der Waals surface area contributed by atoms with Crippen molar-refractivity contribution in [3.8, 4) is 17.3 Å². The molecule has 1 saturated heterocycles. The minimum Gasteiger partial charge on any atom is -0.433 e. The van der Waals surface area contributed by atoms with Crippen LogP contribution < -0.4 is 10.5 Å². The molecule has 0 amide bonds. The number of ketones is 1. The molecule has 12 heteroatoms. The molecule has 0 bridgehead atoms. The summed E-state index contributed by atoms with van der Waals surface area (Å²) in [6.45, 7) is 4.50. The molecule has 7 rings (SSSR count). The summed E-state index contributed by atoms with van der Waals surface area (Å²) >= 11 is 0. The number of rotatable bonds is 7. The number of aromatic nitrogens is 4. The summed E-state index contributed by atoms with van der Waals surface area (Å²) in [4.78, 5) is 25.8. The van der Waals surface area contributed by atoms with E-state index in [4.69, 9.17) is 10.5 Å². The van der Waals surface area contributed by atoms with Gasteiger partial charge < -0.3 is 25.5 Å². The second kappa shape index (κ2) is 10.8. The van der Waals surface area contributed by atoms with E-state index in [-0.39, 0.29) is 35.7 Å². The molecule has 0 spiro atoms. The first-order valence-electron chi connectivity index (χ1n) is 14.4. The Morgan fingerprint density at radius 1 is 1.16 bits per heavy atom.